The highest BCUT2D eigenvalue weighted by Gasteiger charge is 2.17. The van der Waals surface area contributed by atoms with Crippen LogP contribution < -0.4 is 15.7 Å². The second-order valence-corrected chi connectivity index (χ2v) is 6.87. The fraction of sp³-hybridized carbons (Fsp3) is 0.261. The summed E-state index contributed by atoms with van der Waals surface area (Å²) >= 11 is 0. The van der Waals surface area contributed by atoms with Crippen molar-refractivity contribution in [3.05, 3.63) is 70.1 Å². The predicted octanol–water partition coefficient (Wildman–Crippen LogP) is 4.07. The maximum absolute atomic E-state index is 12.5. The number of benzene rings is 2. The Hall–Kier alpha value is -3.61. The average molecular weight is 409 g/mol. The van der Waals surface area contributed by atoms with Crippen molar-refractivity contribution in [3.63, 3.8) is 0 Å². The number of rotatable bonds is 7. The summed E-state index contributed by atoms with van der Waals surface area (Å²) < 4.78 is 16.0. The normalized spacial score (nSPS) is 11.7. The van der Waals surface area contributed by atoms with Gasteiger partial charge in [0.2, 0.25) is 0 Å². The Labute approximate surface area is 173 Å². The van der Waals surface area contributed by atoms with Crippen LogP contribution in [-0.2, 0) is 9.53 Å². The molecule has 1 aromatic heterocycles. The molecule has 0 radical (unpaired) electrons. The quantitative estimate of drug-likeness (QED) is 0.467. The van der Waals surface area contributed by atoms with Gasteiger partial charge in [-0.1, -0.05) is 13.0 Å². The molecule has 156 valence electrons. The second-order valence-electron chi connectivity index (χ2n) is 6.87. The van der Waals surface area contributed by atoms with Gasteiger partial charge in [0.1, 0.15) is 11.3 Å². The molecule has 0 aliphatic carbocycles. The number of nitrogens with one attached hydrogen (secondary N) is 1. The van der Waals surface area contributed by atoms with E-state index in [4.69, 9.17) is 13.9 Å². The molecule has 0 aliphatic heterocycles. The van der Waals surface area contributed by atoms with E-state index in [1.54, 1.807) is 49.4 Å². The molecular weight excluding hydrogens is 386 g/mol. The van der Waals surface area contributed by atoms with Gasteiger partial charge in [-0.15, -0.1) is 0 Å². The molecule has 0 aliphatic rings. The second kappa shape index (κ2) is 9.26. The average Bonchev–Trinajstić information content (AvgIpc) is 2.71. The van der Waals surface area contributed by atoms with Crippen LogP contribution in [0.4, 0.5) is 5.69 Å². The summed E-state index contributed by atoms with van der Waals surface area (Å²) in [5.41, 5.74) is 1.57. The first-order valence-corrected chi connectivity index (χ1v) is 9.66. The van der Waals surface area contributed by atoms with E-state index in [-0.39, 0.29) is 5.91 Å². The summed E-state index contributed by atoms with van der Waals surface area (Å²) in [5.74, 6) is -0.430. The fourth-order valence-corrected chi connectivity index (χ4v) is 2.88. The SMILES string of the molecule is CCCOC(=O)c1cccc(NC(=O)C(C)Oc2ccc3c(C)cc(=O)oc3c2)c1. The van der Waals surface area contributed by atoms with Gasteiger partial charge in [-0.05, 0) is 56.2 Å². The molecule has 2 aromatic carbocycles. The molecule has 30 heavy (non-hydrogen) atoms. The summed E-state index contributed by atoms with van der Waals surface area (Å²) in [6.45, 7) is 5.68. The lowest BCUT2D eigenvalue weighted by atomic mass is 10.1. The summed E-state index contributed by atoms with van der Waals surface area (Å²) in [4.78, 5) is 36.1. The number of aryl methyl sites for hydroxylation is 1. The molecule has 0 saturated heterocycles. The van der Waals surface area contributed by atoms with E-state index >= 15 is 0 Å². The third-order valence-corrected chi connectivity index (χ3v) is 4.41. The molecular formula is C23H23NO6. The van der Waals surface area contributed by atoms with Crippen molar-refractivity contribution in [3.8, 4) is 5.75 Å². The van der Waals surface area contributed by atoms with Crippen molar-refractivity contribution in [2.75, 3.05) is 11.9 Å². The Balaban J connectivity index is 1.68. The molecule has 7 heteroatoms. The molecule has 3 rings (SSSR count). The van der Waals surface area contributed by atoms with Crippen LogP contribution in [0, 0.1) is 6.92 Å². The zero-order valence-corrected chi connectivity index (χ0v) is 17.1. The van der Waals surface area contributed by atoms with E-state index in [1.807, 2.05) is 13.8 Å². The zero-order valence-electron chi connectivity index (χ0n) is 17.1. The summed E-state index contributed by atoms with van der Waals surface area (Å²) in [5, 5.41) is 3.52. The van der Waals surface area contributed by atoms with Crippen LogP contribution in [-0.4, -0.2) is 24.6 Å². The minimum atomic E-state index is -0.824. The molecule has 1 heterocycles. The highest BCUT2D eigenvalue weighted by atomic mass is 16.5. The lowest BCUT2D eigenvalue weighted by molar-refractivity contribution is -0.122. The lowest BCUT2D eigenvalue weighted by Gasteiger charge is -2.15. The van der Waals surface area contributed by atoms with Crippen molar-refractivity contribution in [1.29, 1.82) is 0 Å². The molecule has 0 saturated carbocycles. The van der Waals surface area contributed by atoms with Crippen LogP contribution in [0.1, 0.15) is 36.2 Å². The third kappa shape index (κ3) is 5.05. The largest absolute Gasteiger partial charge is 0.481 e. The first-order valence-electron chi connectivity index (χ1n) is 9.66. The van der Waals surface area contributed by atoms with Crippen molar-refractivity contribution in [2.24, 2.45) is 0 Å². The number of esters is 1. The molecule has 1 N–H and O–H groups in total. The monoisotopic (exact) mass is 409 g/mol. The third-order valence-electron chi connectivity index (χ3n) is 4.41. The first-order chi connectivity index (χ1) is 14.4. The summed E-state index contributed by atoms with van der Waals surface area (Å²) in [6.07, 6.45) is -0.0934. The van der Waals surface area contributed by atoms with Gasteiger partial charge in [0, 0.05) is 23.2 Å². The van der Waals surface area contributed by atoms with E-state index in [0.717, 1.165) is 17.4 Å². The first kappa shape index (κ1) is 21.1. The van der Waals surface area contributed by atoms with Gasteiger partial charge in [-0.25, -0.2) is 9.59 Å². The predicted molar refractivity (Wildman–Crippen MR) is 113 cm³/mol. The van der Waals surface area contributed by atoms with Crippen molar-refractivity contribution in [2.45, 2.75) is 33.3 Å². The Morgan fingerprint density at radius 3 is 2.70 bits per heavy atom. The van der Waals surface area contributed by atoms with Crippen LogP contribution >= 0.6 is 0 Å². The van der Waals surface area contributed by atoms with Gasteiger partial charge < -0.3 is 19.2 Å². The van der Waals surface area contributed by atoms with Crippen LogP contribution in [0.2, 0.25) is 0 Å². The van der Waals surface area contributed by atoms with Crippen molar-refractivity contribution >= 4 is 28.5 Å². The van der Waals surface area contributed by atoms with Crippen molar-refractivity contribution in [1.82, 2.24) is 0 Å². The molecule has 0 fully saturated rings. The number of anilines is 1. The fourth-order valence-electron chi connectivity index (χ4n) is 2.88. The molecule has 1 atom stereocenters. The van der Waals surface area contributed by atoms with Crippen LogP contribution in [0.3, 0.4) is 0 Å². The number of carbonyl (C=O) groups is 2. The van der Waals surface area contributed by atoms with Crippen molar-refractivity contribution < 1.29 is 23.5 Å². The van der Waals surface area contributed by atoms with E-state index < -0.39 is 17.7 Å². The number of amides is 1. The lowest BCUT2D eigenvalue weighted by Crippen LogP contribution is -2.30. The number of hydrogen-bond donors (Lipinski definition) is 1. The Kier molecular flexibility index (Phi) is 6.51. The van der Waals surface area contributed by atoms with Gasteiger partial charge in [-0.3, -0.25) is 4.79 Å². The molecule has 0 spiro atoms. The van der Waals surface area contributed by atoms with Gasteiger partial charge in [0.15, 0.2) is 6.10 Å². The Morgan fingerprint density at radius 1 is 1.13 bits per heavy atom. The molecule has 0 bridgehead atoms. The molecule has 1 unspecified atom stereocenters. The van der Waals surface area contributed by atoms with E-state index in [2.05, 4.69) is 5.32 Å². The number of ether oxygens (including phenoxy) is 2. The number of carbonyl (C=O) groups excluding carboxylic acids is 2. The maximum Gasteiger partial charge on any atom is 0.338 e. The minimum absolute atomic E-state index is 0.339. The standard InChI is InChI=1S/C23H23NO6/c1-4-10-28-23(27)16-6-5-7-17(12-16)24-22(26)15(3)29-18-8-9-19-14(2)11-21(25)30-20(19)13-18/h5-9,11-13,15H,4,10H2,1-3H3,(H,24,26). The van der Waals surface area contributed by atoms with Gasteiger partial charge in [0.25, 0.3) is 5.91 Å². The highest BCUT2D eigenvalue weighted by Crippen LogP contribution is 2.23. The van der Waals surface area contributed by atoms with Crippen LogP contribution in [0.25, 0.3) is 11.0 Å². The number of fused-ring (bicyclic) bond motifs is 1. The van der Waals surface area contributed by atoms with Crippen LogP contribution in [0.5, 0.6) is 5.75 Å². The summed E-state index contributed by atoms with van der Waals surface area (Å²) in [7, 11) is 0. The van der Waals surface area contributed by atoms with Gasteiger partial charge >= 0.3 is 11.6 Å². The topological polar surface area (TPSA) is 94.8 Å². The number of hydrogen-bond acceptors (Lipinski definition) is 6. The zero-order chi connectivity index (χ0) is 21.7. The van der Waals surface area contributed by atoms with E-state index in [9.17, 15) is 14.4 Å². The van der Waals surface area contributed by atoms with Gasteiger partial charge in [-0.2, -0.15) is 0 Å². The maximum atomic E-state index is 12.5. The highest BCUT2D eigenvalue weighted by molar-refractivity contribution is 5.96. The smallest absolute Gasteiger partial charge is 0.338 e. The molecule has 7 nitrogen and oxygen atoms in total. The molecule has 3 aromatic rings. The Morgan fingerprint density at radius 2 is 1.93 bits per heavy atom. The van der Waals surface area contributed by atoms with Gasteiger partial charge in [0.05, 0.1) is 12.2 Å². The minimum Gasteiger partial charge on any atom is -0.481 e. The Bertz CT molecular complexity index is 1130. The van der Waals surface area contributed by atoms with E-state index in [0.29, 0.717) is 29.2 Å². The van der Waals surface area contributed by atoms with E-state index in [1.165, 1.54) is 6.07 Å². The van der Waals surface area contributed by atoms with Crippen LogP contribution in [0.15, 0.2) is 57.7 Å². The summed E-state index contributed by atoms with van der Waals surface area (Å²) in [6, 6.07) is 13.0. The molecule has 1 amide bonds.